The average Bonchev–Trinajstić information content (AvgIpc) is 3.78. The van der Waals surface area contributed by atoms with Crippen LogP contribution in [-0.4, -0.2) is 15.0 Å². The van der Waals surface area contributed by atoms with Gasteiger partial charge in [0.2, 0.25) is 0 Å². The van der Waals surface area contributed by atoms with Crippen molar-refractivity contribution >= 4 is 49.4 Å². The third kappa shape index (κ3) is 7.26. The number of rotatable bonds is 9. The molecule has 12 aromatic carbocycles. The summed E-state index contributed by atoms with van der Waals surface area (Å²) in [5, 5.41) is 7.05. The van der Waals surface area contributed by atoms with Gasteiger partial charge in [0, 0.05) is 33.5 Å². The molecule has 1 heterocycles. The van der Waals surface area contributed by atoms with Crippen LogP contribution in [0, 0.1) is 0 Å². The van der Waals surface area contributed by atoms with Crippen molar-refractivity contribution in [3.8, 4) is 56.4 Å². The van der Waals surface area contributed by atoms with Crippen LogP contribution in [0.2, 0.25) is 0 Å². The molecule has 1 aliphatic carbocycles. The summed E-state index contributed by atoms with van der Waals surface area (Å²) in [5.74, 6) is 1.89. The van der Waals surface area contributed by atoms with Crippen LogP contribution < -0.4 is 4.90 Å². The fraction of sp³-hybridized carbons (Fsp3) is 0.0143. The molecule has 1 aromatic heterocycles. The highest BCUT2D eigenvalue weighted by atomic mass is 15.1. The molecule has 0 aliphatic heterocycles. The van der Waals surface area contributed by atoms with Gasteiger partial charge in [-0.05, 0) is 114 Å². The van der Waals surface area contributed by atoms with Crippen LogP contribution in [0.1, 0.15) is 22.3 Å². The predicted octanol–water partition coefficient (Wildman–Crippen LogP) is 17.8. The van der Waals surface area contributed by atoms with E-state index in [2.05, 4.69) is 284 Å². The number of hydrogen-bond donors (Lipinski definition) is 0. The molecule has 14 rings (SSSR count). The van der Waals surface area contributed by atoms with Crippen molar-refractivity contribution in [3.05, 3.63) is 301 Å². The van der Waals surface area contributed by atoms with E-state index in [-0.39, 0.29) is 0 Å². The molecular weight excluding hydrogens is 897 g/mol. The number of hydrogen-bond acceptors (Lipinski definition) is 4. The molecule has 346 valence electrons. The predicted molar refractivity (Wildman–Crippen MR) is 306 cm³/mol. The van der Waals surface area contributed by atoms with Crippen molar-refractivity contribution in [3.63, 3.8) is 0 Å². The van der Waals surface area contributed by atoms with Crippen LogP contribution in [0.5, 0.6) is 0 Å². The molecule has 4 heteroatoms. The number of nitrogens with zero attached hydrogens (tertiary/aromatic N) is 4. The highest BCUT2D eigenvalue weighted by molar-refractivity contribution is 5.99. The first-order chi connectivity index (χ1) is 36.7. The minimum absolute atomic E-state index is 0.589. The van der Waals surface area contributed by atoms with Gasteiger partial charge in [0.1, 0.15) is 0 Å². The van der Waals surface area contributed by atoms with Gasteiger partial charge >= 0.3 is 0 Å². The molecular formula is C70H46N4. The number of aromatic nitrogens is 3. The van der Waals surface area contributed by atoms with Gasteiger partial charge in [-0.25, -0.2) is 15.0 Å². The molecule has 4 nitrogen and oxygen atoms in total. The van der Waals surface area contributed by atoms with Crippen LogP contribution in [0.3, 0.4) is 0 Å². The second-order valence-electron chi connectivity index (χ2n) is 19.1. The number of para-hydroxylation sites is 1. The zero-order chi connectivity index (χ0) is 49.0. The normalized spacial score (nSPS) is 12.4. The fourth-order valence-electron chi connectivity index (χ4n) is 11.4. The van der Waals surface area contributed by atoms with Crippen molar-refractivity contribution in [2.45, 2.75) is 5.41 Å². The van der Waals surface area contributed by atoms with Crippen LogP contribution in [0.4, 0.5) is 17.1 Å². The Morgan fingerprint density at radius 2 is 0.676 bits per heavy atom. The number of benzene rings is 12. The van der Waals surface area contributed by atoms with Gasteiger partial charge in [-0.2, -0.15) is 0 Å². The average molecular weight is 943 g/mol. The van der Waals surface area contributed by atoms with Gasteiger partial charge in [-0.3, -0.25) is 0 Å². The summed E-state index contributed by atoms with van der Waals surface area (Å²) in [6, 6.07) is 100. The highest BCUT2D eigenvalue weighted by Crippen LogP contribution is 2.56. The Hall–Kier alpha value is -9.77. The standard InChI is InChI=1S/C70H46N4/c1-2-21-59(22-3-1)74(66-28-14-20-51-17-8-9-23-61(51)66)60-43-37-50(38-44-60)49-33-39-57(40-34-49)70(64-26-12-10-24-62(64)63-25-11-13-27-65(63)70)58-41-35-52(36-42-58)67-71-68(55-31-29-47-15-4-6-18-53(47)45-55)73-69(72-67)56-32-30-48-16-5-7-19-54(48)46-56/h1-46H. The Kier molecular flexibility index (Phi) is 10.4. The first kappa shape index (κ1) is 43.1. The maximum atomic E-state index is 5.21. The molecule has 74 heavy (non-hydrogen) atoms. The van der Waals surface area contributed by atoms with Gasteiger partial charge < -0.3 is 4.90 Å². The second-order valence-corrected chi connectivity index (χ2v) is 19.1. The summed E-state index contributed by atoms with van der Waals surface area (Å²) >= 11 is 0. The van der Waals surface area contributed by atoms with Gasteiger partial charge in [-0.1, -0.05) is 237 Å². The molecule has 13 aromatic rings. The van der Waals surface area contributed by atoms with Crippen LogP contribution in [0.25, 0.3) is 88.7 Å². The van der Waals surface area contributed by atoms with E-state index >= 15 is 0 Å². The quantitative estimate of drug-likeness (QED) is 0.145. The van der Waals surface area contributed by atoms with E-state index in [1.165, 1.54) is 54.9 Å². The summed E-state index contributed by atoms with van der Waals surface area (Å²) < 4.78 is 0. The minimum Gasteiger partial charge on any atom is -0.310 e. The Balaban J connectivity index is 0.862. The molecule has 0 amide bonds. The van der Waals surface area contributed by atoms with Crippen LogP contribution >= 0.6 is 0 Å². The van der Waals surface area contributed by atoms with Crippen molar-refractivity contribution < 1.29 is 0 Å². The number of anilines is 3. The Bertz CT molecular complexity index is 4090. The van der Waals surface area contributed by atoms with Crippen LogP contribution in [0.15, 0.2) is 279 Å². The SMILES string of the molecule is c1ccc(N(c2ccc(-c3ccc(C4(c5ccc(-c6nc(-c7ccc8ccccc8c7)nc(-c7ccc8ccccc8c7)n6)cc5)c5ccccc5-c5ccccc54)cc3)cc2)c2cccc3ccccc23)cc1. The maximum absolute atomic E-state index is 5.21. The molecule has 0 atom stereocenters. The topological polar surface area (TPSA) is 41.9 Å². The Morgan fingerprint density at radius 1 is 0.270 bits per heavy atom. The monoisotopic (exact) mass is 942 g/mol. The third-order valence-electron chi connectivity index (χ3n) is 15.0. The minimum atomic E-state index is -0.589. The molecule has 0 fully saturated rings. The fourth-order valence-corrected chi connectivity index (χ4v) is 11.4. The number of fused-ring (bicyclic) bond motifs is 6. The molecule has 0 bridgehead atoms. The first-order valence-corrected chi connectivity index (χ1v) is 25.2. The van der Waals surface area contributed by atoms with Crippen molar-refractivity contribution in [2.75, 3.05) is 4.90 Å². The van der Waals surface area contributed by atoms with E-state index in [1.807, 2.05) is 0 Å². The smallest absolute Gasteiger partial charge is 0.164 e. The van der Waals surface area contributed by atoms with Crippen molar-refractivity contribution in [1.82, 2.24) is 15.0 Å². The zero-order valence-corrected chi connectivity index (χ0v) is 40.3. The summed E-state index contributed by atoms with van der Waals surface area (Å²) in [6.07, 6.45) is 0. The Labute approximate surface area is 430 Å². The van der Waals surface area contributed by atoms with E-state index in [9.17, 15) is 0 Å². The Morgan fingerprint density at radius 3 is 1.24 bits per heavy atom. The van der Waals surface area contributed by atoms with Crippen molar-refractivity contribution in [2.24, 2.45) is 0 Å². The van der Waals surface area contributed by atoms with Gasteiger partial charge in [0.25, 0.3) is 0 Å². The van der Waals surface area contributed by atoms with Gasteiger partial charge in [0.05, 0.1) is 11.1 Å². The lowest BCUT2D eigenvalue weighted by Crippen LogP contribution is -2.28. The first-order valence-electron chi connectivity index (χ1n) is 25.2. The molecule has 0 saturated heterocycles. The summed E-state index contributed by atoms with van der Waals surface area (Å²) in [5.41, 5.74) is 15.3. The molecule has 0 spiro atoms. The van der Waals surface area contributed by atoms with Gasteiger partial charge in [0.15, 0.2) is 17.5 Å². The summed E-state index contributed by atoms with van der Waals surface area (Å²) in [7, 11) is 0. The molecule has 0 unspecified atom stereocenters. The highest BCUT2D eigenvalue weighted by Gasteiger charge is 2.46. The zero-order valence-electron chi connectivity index (χ0n) is 40.3. The molecule has 0 N–H and O–H groups in total. The lowest BCUT2D eigenvalue weighted by Gasteiger charge is -2.34. The summed E-state index contributed by atoms with van der Waals surface area (Å²) in [6.45, 7) is 0. The molecule has 1 aliphatic rings. The third-order valence-corrected chi connectivity index (χ3v) is 15.0. The van der Waals surface area contributed by atoms with E-state index < -0.39 is 5.41 Å². The molecule has 0 saturated carbocycles. The van der Waals surface area contributed by atoms with E-state index in [0.717, 1.165) is 55.7 Å². The molecule has 0 radical (unpaired) electrons. The lowest BCUT2D eigenvalue weighted by atomic mass is 9.67. The van der Waals surface area contributed by atoms with Gasteiger partial charge in [-0.15, -0.1) is 0 Å². The van der Waals surface area contributed by atoms with E-state index in [1.54, 1.807) is 0 Å². The second kappa shape index (κ2) is 17.8. The van der Waals surface area contributed by atoms with E-state index in [4.69, 9.17) is 15.0 Å². The largest absolute Gasteiger partial charge is 0.310 e. The summed E-state index contributed by atoms with van der Waals surface area (Å²) in [4.78, 5) is 17.9. The van der Waals surface area contributed by atoms with E-state index in [0.29, 0.717) is 17.5 Å². The van der Waals surface area contributed by atoms with Crippen molar-refractivity contribution in [1.29, 1.82) is 0 Å². The lowest BCUT2D eigenvalue weighted by molar-refractivity contribution is 0.768. The maximum Gasteiger partial charge on any atom is 0.164 e. The van der Waals surface area contributed by atoms with Crippen LogP contribution in [-0.2, 0) is 5.41 Å².